The quantitative estimate of drug-likeness (QED) is 0.652. The van der Waals surface area contributed by atoms with Crippen molar-refractivity contribution in [2.45, 2.75) is 31.5 Å². The lowest BCUT2D eigenvalue weighted by Gasteiger charge is -2.11. The lowest BCUT2D eigenvalue weighted by molar-refractivity contribution is -0.138. The molecule has 3 aromatic rings. The largest absolute Gasteiger partial charge is 0.421 e. The van der Waals surface area contributed by atoms with Crippen LogP contribution in [0.5, 0.6) is 0 Å². The average Bonchev–Trinajstić information content (AvgIpc) is 3.15. The summed E-state index contributed by atoms with van der Waals surface area (Å²) in [5, 5.41) is 20.0. The molecule has 2 heterocycles. The number of nitriles is 1. The Hall–Kier alpha value is -3.32. The van der Waals surface area contributed by atoms with Crippen LogP contribution in [0.3, 0.4) is 0 Å². The number of alkyl halides is 3. The number of hydrogen-bond acceptors (Lipinski definition) is 4. The Morgan fingerprint density at radius 3 is 2.65 bits per heavy atom. The Morgan fingerprint density at radius 1 is 1.32 bits per heavy atom. The number of benzene rings is 1. The van der Waals surface area contributed by atoms with Crippen LogP contribution in [0.2, 0.25) is 5.02 Å². The van der Waals surface area contributed by atoms with E-state index >= 15 is 0 Å². The van der Waals surface area contributed by atoms with Gasteiger partial charge in [0.1, 0.15) is 11.1 Å². The van der Waals surface area contributed by atoms with Crippen LogP contribution in [-0.2, 0) is 13.2 Å². The van der Waals surface area contributed by atoms with E-state index in [0.717, 1.165) is 9.36 Å². The van der Waals surface area contributed by atoms with E-state index in [1.807, 2.05) is 0 Å². The van der Waals surface area contributed by atoms with E-state index in [0.29, 0.717) is 24.0 Å². The zero-order chi connectivity index (χ0) is 22.6. The molecule has 1 N–H and O–H groups in total. The first kappa shape index (κ1) is 20.9. The van der Waals surface area contributed by atoms with Crippen LogP contribution in [0.4, 0.5) is 13.2 Å². The zero-order valence-corrected chi connectivity index (χ0v) is 17.2. The molecule has 0 saturated heterocycles. The maximum absolute atomic E-state index is 13.5. The average molecular weight is 449 g/mol. The van der Waals surface area contributed by atoms with Crippen molar-refractivity contribution in [1.82, 2.24) is 24.9 Å². The first-order valence-corrected chi connectivity index (χ1v) is 9.62. The third-order valence-electron chi connectivity index (χ3n) is 5.14. The lowest BCUT2D eigenvalue weighted by atomic mass is 10.1. The Kier molecular flexibility index (Phi) is 4.81. The van der Waals surface area contributed by atoms with E-state index in [-0.39, 0.29) is 22.1 Å². The van der Waals surface area contributed by atoms with Crippen molar-refractivity contribution in [3.8, 4) is 23.0 Å². The van der Waals surface area contributed by atoms with Gasteiger partial charge in [0.2, 0.25) is 0 Å². The van der Waals surface area contributed by atoms with Gasteiger partial charge in [-0.25, -0.2) is 4.68 Å². The molecule has 4 rings (SSSR count). The number of aryl methyl sites for hydroxylation is 2. The van der Waals surface area contributed by atoms with Gasteiger partial charge in [-0.05, 0) is 37.5 Å². The van der Waals surface area contributed by atoms with Gasteiger partial charge in [-0.15, -0.1) is 0 Å². The van der Waals surface area contributed by atoms with Crippen molar-refractivity contribution < 1.29 is 18.0 Å². The van der Waals surface area contributed by atoms with Crippen LogP contribution in [-0.4, -0.2) is 31.0 Å². The molecule has 11 heteroatoms. The first-order chi connectivity index (χ1) is 14.5. The van der Waals surface area contributed by atoms with Gasteiger partial charge in [0.25, 0.3) is 5.91 Å². The van der Waals surface area contributed by atoms with Crippen molar-refractivity contribution in [1.29, 1.82) is 5.26 Å². The SMILES string of the molecule is Cc1nn(C)c(-n2cc(-c3ccc(Cl)c(C(=O)NC4(C#N)CC4)c3)cn2)c1C(F)(F)F. The minimum atomic E-state index is -4.59. The summed E-state index contributed by atoms with van der Waals surface area (Å²) in [7, 11) is 1.41. The molecule has 1 saturated carbocycles. The van der Waals surface area contributed by atoms with Gasteiger partial charge < -0.3 is 5.32 Å². The van der Waals surface area contributed by atoms with Gasteiger partial charge in [-0.2, -0.15) is 28.6 Å². The van der Waals surface area contributed by atoms with Crippen molar-refractivity contribution in [3.63, 3.8) is 0 Å². The third-order valence-corrected chi connectivity index (χ3v) is 5.47. The molecule has 1 aliphatic carbocycles. The molecule has 160 valence electrons. The molecule has 1 aliphatic rings. The number of amides is 1. The molecule has 1 fully saturated rings. The minimum absolute atomic E-state index is 0.154. The number of carbonyl (C=O) groups is 1. The summed E-state index contributed by atoms with van der Waals surface area (Å²) in [5.74, 6) is -0.701. The molecule has 0 unspecified atom stereocenters. The topological polar surface area (TPSA) is 88.5 Å². The van der Waals surface area contributed by atoms with Crippen LogP contribution < -0.4 is 5.32 Å². The predicted octanol–water partition coefficient (Wildman–Crippen LogP) is 4.04. The van der Waals surface area contributed by atoms with Gasteiger partial charge in [0, 0.05) is 18.8 Å². The smallest absolute Gasteiger partial charge is 0.334 e. The van der Waals surface area contributed by atoms with E-state index in [1.165, 1.54) is 38.5 Å². The monoisotopic (exact) mass is 448 g/mol. The fraction of sp³-hybridized carbons (Fsp3) is 0.300. The van der Waals surface area contributed by atoms with Crippen LogP contribution in [0.25, 0.3) is 16.9 Å². The van der Waals surface area contributed by atoms with Crippen LogP contribution in [0, 0.1) is 18.3 Å². The summed E-state index contributed by atoms with van der Waals surface area (Å²) in [6.07, 6.45) is -0.625. The van der Waals surface area contributed by atoms with Crippen LogP contribution in [0.15, 0.2) is 30.6 Å². The van der Waals surface area contributed by atoms with Gasteiger partial charge >= 0.3 is 6.18 Å². The Bertz CT molecular complexity index is 1230. The number of rotatable bonds is 4. The van der Waals surface area contributed by atoms with Crippen molar-refractivity contribution in [3.05, 3.63) is 52.4 Å². The maximum Gasteiger partial charge on any atom is 0.421 e. The van der Waals surface area contributed by atoms with Crippen LogP contribution >= 0.6 is 11.6 Å². The minimum Gasteiger partial charge on any atom is -0.334 e. The number of halogens is 4. The normalized spacial score (nSPS) is 14.9. The summed E-state index contributed by atoms with van der Waals surface area (Å²) in [4.78, 5) is 12.6. The van der Waals surface area contributed by atoms with Gasteiger partial charge in [-0.1, -0.05) is 17.7 Å². The fourth-order valence-corrected chi connectivity index (χ4v) is 3.59. The predicted molar refractivity (Wildman–Crippen MR) is 106 cm³/mol. The van der Waals surface area contributed by atoms with Crippen molar-refractivity contribution in [2.24, 2.45) is 7.05 Å². The highest BCUT2D eigenvalue weighted by atomic mass is 35.5. The van der Waals surface area contributed by atoms with Crippen LogP contribution in [0.1, 0.15) is 34.5 Å². The van der Waals surface area contributed by atoms with Gasteiger partial charge in [0.05, 0.1) is 28.5 Å². The van der Waals surface area contributed by atoms with E-state index in [1.54, 1.807) is 6.07 Å². The molecule has 31 heavy (non-hydrogen) atoms. The molecule has 1 aromatic carbocycles. The lowest BCUT2D eigenvalue weighted by Crippen LogP contribution is -2.35. The van der Waals surface area contributed by atoms with Crippen molar-refractivity contribution >= 4 is 17.5 Å². The van der Waals surface area contributed by atoms with Crippen molar-refractivity contribution in [2.75, 3.05) is 0 Å². The third kappa shape index (κ3) is 3.77. The number of nitrogens with zero attached hydrogens (tertiary/aromatic N) is 5. The molecule has 2 aromatic heterocycles. The van der Waals surface area contributed by atoms with E-state index < -0.39 is 23.2 Å². The first-order valence-electron chi connectivity index (χ1n) is 9.24. The number of hydrogen-bond donors (Lipinski definition) is 1. The Morgan fingerprint density at radius 2 is 2.03 bits per heavy atom. The highest BCUT2D eigenvalue weighted by Gasteiger charge is 2.45. The van der Waals surface area contributed by atoms with E-state index in [2.05, 4.69) is 21.6 Å². The molecule has 0 radical (unpaired) electrons. The highest BCUT2D eigenvalue weighted by Crippen LogP contribution is 2.37. The molecular formula is C20H16ClF3N6O. The highest BCUT2D eigenvalue weighted by molar-refractivity contribution is 6.34. The zero-order valence-electron chi connectivity index (χ0n) is 16.5. The molecular weight excluding hydrogens is 433 g/mol. The number of aromatic nitrogens is 4. The summed E-state index contributed by atoms with van der Waals surface area (Å²) >= 11 is 6.17. The second kappa shape index (κ2) is 7.13. The number of carbonyl (C=O) groups excluding carboxylic acids is 1. The maximum atomic E-state index is 13.5. The van der Waals surface area contributed by atoms with Gasteiger partial charge in [0.15, 0.2) is 5.82 Å². The second-order valence-corrected chi connectivity index (χ2v) is 7.83. The standard InChI is InChI=1S/C20H16ClF3N6O/c1-11-16(20(22,23)24)18(29(2)28-11)30-9-13(8-26-30)12-3-4-15(21)14(7-12)17(31)27-19(10-25)5-6-19/h3-4,7-9H,5-6H2,1-2H3,(H,27,31). The summed E-state index contributed by atoms with van der Waals surface area (Å²) in [6.45, 7) is 1.29. The van der Waals surface area contributed by atoms with Gasteiger partial charge in [-0.3, -0.25) is 9.48 Å². The molecule has 0 aliphatic heterocycles. The number of nitrogens with one attached hydrogen (secondary N) is 1. The Balaban J connectivity index is 1.70. The summed E-state index contributed by atoms with van der Waals surface area (Å²) in [6, 6.07) is 6.75. The van der Waals surface area contributed by atoms with E-state index in [9.17, 15) is 23.2 Å². The van der Waals surface area contributed by atoms with E-state index in [4.69, 9.17) is 11.6 Å². The molecule has 0 atom stereocenters. The second-order valence-electron chi connectivity index (χ2n) is 7.42. The summed E-state index contributed by atoms with van der Waals surface area (Å²) in [5.41, 5.74) is -0.687. The fourth-order valence-electron chi connectivity index (χ4n) is 3.38. The Labute approximate surface area is 180 Å². The molecule has 0 bridgehead atoms. The molecule has 0 spiro atoms. The molecule has 7 nitrogen and oxygen atoms in total. The summed E-state index contributed by atoms with van der Waals surface area (Å²) < 4.78 is 42.8. The molecule has 1 amide bonds.